The van der Waals surface area contributed by atoms with Crippen molar-refractivity contribution >= 4 is 5.91 Å². The smallest absolute Gasteiger partial charge is 0.253 e. The van der Waals surface area contributed by atoms with E-state index in [1.54, 1.807) is 0 Å². The Hall–Kier alpha value is -1.35. The van der Waals surface area contributed by atoms with Gasteiger partial charge in [-0.2, -0.15) is 0 Å². The van der Waals surface area contributed by atoms with Gasteiger partial charge in [-0.25, -0.2) is 0 Å². The molecular formula is C18H26N2O. The fourth-order valence-corrected chi connectivity index (χ4v) is 3.13. The maximum absolute atomic E-state index is 12.7. The number of hydrogen-bond donors (Lipinski definition) is 0. The van der Waals surface area contributed by atoms with Gasteiger partial charge in [0.25, 0.3) is 5.91 Å². The van der Waals surface area contributed by atoms with E-state index >= 15 is 0 Å². The summed E-state index contributed by atoms with van der Waals surface area (Å²) in [4.78, 5) is 17.2. The van der Waals surface area contributed by atoms with Gasteiger partial charge in [-0.1, -0.05) is 26.0 Å². The van der Waals surface area contributed by atoms with Gasteiger partial charge in [0, 0.05) is 37.8 Å². The molecule has 2 fully saturated rings. The fourth-order valence-electron chi connectivity index (χ4n) is 3.13. The Labute approximate surface area is 127 Å². The number of benzene rings is 1. The summed E-state index contributed by atoms with van der Waals surface area (Å²) in [6, 6.07) is 9.02. The second kappa shape index (κ2) is 6.18. The van der Waals surface area contributed by atoms with Crippen molar-refractivity contribution in [2.24, 2.45) is 0 Å². The molecule has 1 heterocycles. The van der Waals surface area contributed by atoms with Gasteiger partial charge in [0.15, 0.2) is 0 Å². The van der Waals surface area contributed by atoms with Crippen molar-refractivity contribution in [3.05, 3.63) is 35.4 Å². The lowest BCUT2D eigenvalue weighted by Crippen LogP contribution is -2.49. The van der Waals surface area contributed by atoms with Crippen LogP contribution in [0.1, 0.15) is 54.9 Å². The summed E-state index contributed by atoms with van der Waals surface area (Å²) < 4.78 is 0. The molecule has 0 N–H and O–H groups in total. The molecule has 1 atom stereocenters. The third-order valence-corrected chi connectivity index (χ3v) is 4.98. The van der Waals surface area contributed by atoms with E-state index in [1.165, 1.54) is 18.4 Å². The Kier molecular flexibility index (Phi) is 4.29. The zero-order valence-corrected chi connectivity index (χ0v) is 13.2. The molecule has 2 aliphatic rings. The highest BCUT2D eigenvalue weighted by Crippen LogP contribution is 2.28. The van der Waals surface area contributed by atoms with Gasteiger partial charge in [0.2, 0.25) is 0 Å². The average Bonchev–Trinajstić information content (AvgIpc) is 3.38. The first-order chi connectivity index (χ1) is 10.2. The Morgan fingerprint density at radius 3 is 2.57 bits per heavy atom. The topological polar surface area (TPSA) is 23.6 Å². The number of nitrogens with zero attached hydrogens (tertiary/aromatic N) is 2. The summed E-state index contributed by atoms with van der Waals surface area (Å²) in [6.45, 7) is 8.25. The van der Waals surface area contributed by atoms with Crippen LogP contribution in [-0.4, -0.2) is 47.9 Å². The third kappa shape index (κ3) is 3.29. The first-order valence-electron chi connectivity index (χ1n) is 8.32. The summed E-state index contributed by atoms with van der Waals surface area (Å²) in [5.74, 6) is 0.722. The standard InChI is InChI=1S/C18H26N2O/c1-3-14(2)15-5-4-6-16(13-15)18(21)20-11-9-19(10-12-20)17-7-8-17/h4-6,13-14,17H,3,7-12H2,1-2H3. The zero-order chi connectivity index (χ0) is 14.8. The highest BCUT2D eigenvalue weighted by molar-refractivity contribution is 5.94. The normalized spacial score (nSPS) is 21.3. The van der Waals surface area contributed by atoms with Crippen LogP contribution in [0.2, 0.25) is 0 Å². The Morgan fingerprint density at radius 1 is 1.24 bits per heavy atom. The lowest BCUT2D eigenvalue weighted by atomic mass is 9.96. The number of amides is 1. The van der Waals surface area contributed by atoms with Gasteiger partial charge in [-0.3, -0.25) is 9.69 Å². The summed E-state index contributed by atoms with van der Waals surface area (Å²) in [5, 5.41) is 0. The third-order valence-electron chi connectivity index (χ3n) is 4.98. The number of carbonyl (C=O) groups is 1. The number of piperazine rings is 1. The van der Waals surface area contributed by atoms with Crippen LogP contribution in [0.25, 0.3) is 0 Å². The minimum absolute atomic E-state index is 0.204. The minimum Gasteiger partial charge on any atom is -0.336 e. The van der Waals surface area contributed by atoms with Gasteiger partial charge < -0.3 is 4.90 Å². The van der Waals surface area contributed by atoms with Crippen LogP contribution in [0.5, 0.6) is 0 Å². The van der Waals surface area contributed by atoms with Crippen LogP contribution in [0.15, 0.2) is 24.3 Å². The lowest BCUT2D eigenvalue weighted by molar-refractivity contribution is 0.0627. The van der Waals surface area contributed by atoms with Crippen LogP contribution in [0.4, 0.5) is 0 Å². The maximum atomic E-state index is 12.7. The molecule has 0 spiro atoms. The molecule has 0 radical (unpaired) electrons. The van der Waals surface area contributed by atoms with Gasteiger partial charge in [0.1, 0.15) is 0 Å². The van der Waals surface area contributed by atoms with Crippen LogP contribution < -0.4 is 0 Å². The molecule has 1 saturated heterocycles. The molecule has 3 heteroatoms. The Bertz CT molecular complexity index is 502. The molecule has 3 rings (SSSR count). The minimum atomic E-state index is 0.204. The summed E-state index contributed by atoms with van der Waals surface area (Å²) in [5.41, 5.74) is 2.13. The molecule has 21 heavy (non-hydrogen) atoms. The van der Waals surface area contributed by atoms with E-state index in [2.05, 4.69) is 30.9 Å². The van der Waals surface area contributed by atoms with E-state index in [9.17, 15) is 4.79 Å². The zero-order valence-electron chi connectivity index (χ0n) is 13.2. The molecule has 1 aromatic rings. The van der Waals surface area contributed by atoms with E-state index in [0.717, 1.165) is 44.2 Å². The van der Waals surface area contributed by atoms with Crippen LogP contribution in [0.3, 0.4) is 0 Å². The fraction of sp³-hybridized carbons (Fsp3) is 0.611. The molecule has 1 unspecified atom stereocenters. The largest absolute Gasteiger partial charge is 0.336 e. The molecule has 0 aromatic heterocycles. The van der Waals surface area contributed by atoms with Crippen LogP contribution in [-0.2, 0) is 0 Å². The Morgan fingerprint density at radius 2 is 1.95 bits per heavy atom. The lowest BCUT2D eigenvalue weighted by Gasteiger charge is -2.35. The molecular weight excluding hydrogens is 260 g/mol. The van der Waals surface area contributed by atoms with Crippen molar-refractivity contribution < 1.29 is 4.79 Å². The van der Waals surface area contributed by atoms with Gasteiger partial charge in [-0.15, -0.1) is 0 Å². The van der Waals surface area contributed by atoms with Crippen LogP contribution >= 0.6 is 0 Å². The SMILES string of the molecule is CCC(C)c1cccc(C(=O)N2CCN(C3CC3)CC2)c1. The number of rotatable bonds is 4. The van der Waals surface area contributed by atoms with Crippen molar-refractivity contribution in [2.75, 3.05) is 26.2 Å². The molecule has 1 aromatic carbocycles. The predicted octanol–water partition coefficient (Wildman–Crippen LogP) is 3.12. The molecule has 1 saturated carbocycles. The first-order valence-corrected chi connectivity index (χ1v) is 8.32. The molecule has 114 valence electrons. The number of carbonyl (C=O) groups excluding carboxylic acids is 1. The molecule has 0 bridgehead atoms. The van der Waals surface area contributed by atoms with E-state index in [1.807, 2.05) is 17.0 Å². The summed E-state index contributed by atoms with van der Waals surface area (Å²) >= 11 is 0. The van der Waals surface area contributed by atoms with E-state index in [4.69, 9.17) is 0 Å². The van der Waals surface area contributed by atoms with E-state index < -0.39 is 0 Å². The molecule has 3 nitrogen and oxygen atoms in total. The predicted molar refractivity (Wildman–Crippen MR) is 85.6 cm³/mol. The van der Waals surface area contributed by atoms with Crippen molar-refractivity contribution in [2.45, 2.75) is 45.1 Å². The summed E-state index contributed by atoms with van der Waals surface area (Å²) in [6.07, 6.45) is 3.81. The Balaban J connectivity index is 1.65. The quantitative estimate of drug-likeness (QED) is 0.849. The van der Waals surface area contributed by atoms with Crippen molar-refractivity contribution in [3.8, 4) is 0 Å². The van der Waals surface area contributed by atoms with Crippen molar-refractivity contribution in [1.29, 1.82) is 0 Å². The van der Waals surface area contributed by atoms with Gasteiger partial charge in [0.05, 0.1) is 0 Å². The monoisotopic (exact) mass is 286 g/mol. The van der Waals surface area contributed by atoms with Crippen molar-refractivity contribution in [3.63, 3.8) is 0 Å². The highest BCUT2D eigenvalue weighted by Gasteiger charge is 2.32. The van der Waals surface area contributed by atoms with Gasteiger partial charge >= 0.3 is 0 Å². The second-order valence-electron chi connectivity index (χ2n) is 6.49. The first kappa shape index (κ1) is 14.6. The van der Waals surface area contributed by atoms with E-state index in [0.29, 0.717) is 5.92 Å². The maximum Gasteiger partial charge on any atom is 0.253 e. The summed E-state index contributed by atoms with van der Waals surface area (Å²) in [7, 11) is 0. The van der Waals surface area contributed by atoms with Crippen LogP contribution in [0, 0.1) is 0 Å². The molecule has 1 amide bonds. The van der Waals surface area contributed by atoms with Crippen molar-refractivity contribution in [1.82, 2.24) is 9.80 Å². The molecule has 1 aliphatic heterocycles. The molecule has 1 aliphatic carbocycles. The average molecular weight is 286 g/mol. The second-order valence-corrected chi connectivity index (χ2v) is 6.49. The number of hydrogen-bond acceptors (Lipinski definition) is 2. The van der Waals surface area contributed by atoms with Gasteiger partial charge in [-0.05, 0) is 42.9 Å². The highest BCUT2D eigenvalue weighted by atomic mass is 16.2. The van der Waals surface area contributed by atoms with E-state index in [-0.39, 0.29) is 5.91 Å².